The Morgan fingerprint density at radius 1 is 1.91 bits per heavy atom. The number of rotatable bonds is 3. The summed E-state index contributed by atoms with van der Waals surface area (Å²) in [5, 5.41) is 10.0. The van der Waals surface area contributed by atoms with Crippen LogP contribution in [0.25, 0.3) is 0 Å². The monoisotopic (exact) mass is 157 g/mol. The van der Waals surface area contributed by atoms with Crippen LogP contribution in [0.15, 0.2) is 0 Å². The molecule has 0 rings (SSSR count). The Balaban J connectivity index is 4.08. The molecule has 0 heterocycles. The van der Waals surface area contributed by atoms with Gasteiger partial charge in [0, 0.05) is 7.11 Å². The predicted molar refractivity (Wildman–Crippen MR) is 38.2 cm³/mol. The number of nitrogens with one attached hydrogen (secondary N) is 1. The van der Waals surface area contributed by atoms with Crippen LogP contribution in [0.2, 0.25) is 0 Å². The van der Waals surface area contributed by atoms with E-state index in [2.05, 4.69) is 4.74 Å². The van der Waals surface area contributed by atoms with E-state index in [-0.39, 0.29) is 6.61 Å². The molecule has 0 aliphatic rings. The van der Waals surface area contributed by atoms with Crippen LogP contribution < -0.4 is 11.1 Å². The first kappa shape index (κ1) is 9.88. The summed E-state index contributed by atoms with van der Waals surface area (Å²) in [6.07, 6.45) is 1.50. The van der Waals surface area contributed by atoms with Gasteiger partial charge in [0.2, 0.25) is 0 Å². The molecule has 0 aliphatic carbocycles. The molecule has 5 nitrogen and oxygen atoms in total. The number of ether oxygens (including phenoxy) is 1. The average Bonchev–Trinajstić information content (AvgIpc) is 1.88. The standard InChI is InChI=1S/C6H11N3O2/c1-6(8,3-11-2)5(10)9-4-7/h3,8H2,1-2H3,(H,9,10). The Hall–Kier alpha value is -1.12. The molecule has 0 aromatic heterocycles. The summed E-state index contributed by atoms with van der Waals surface area (Å²) in [7, 11) is 1.44. The molecule has 0 fully saturated rings. The first-order valence-electron chi connectivity index (χ1n) is 3.02. The highest BCUT2D eigenvalue weighted by atomic mass is 16.5. The summed E-state index contributed by atoms with van der Waals surface area (Å²) in [5.74, 6) is -0.540. The van der Waals surface area contributed by atoms with Crippen molar-refractivity contribution < 1.29 is 9.53 Å². The maximum Gasteiger partial charge on any atom is 0.255 e. The molecule has 1 amide bonds. The lowest BCUT2D eigenvalue weighted by Crippen LogP contribution is -2.53. The molecule has 11 heavy (non-hydrogen) atoms. The minimum Gasteiger partial charge on any atom is -0.382 e. The van der Waals surface area contributed by atoms with Gasteiger partial charge in [-0.1, -0.05) is 0 Å². The van der Waals surface area contributed by atoms with Crippen LogP contribution in [0, 0.1) is 11.5 Å². The van der Waals surface area contributed by atoms with E-state index >= 15 is 0 Å². The van der Waals surface area contributed by atoms with Gasteiger partial charge in [0.15, 0.2) is 6.19 Å². The smallest absolute Gasteiger partial charge is 0.255 e. The number of methoxy groups -OCH3 is 1. The topological polar surface area (TPSA) is 88.1 Å². The van der Waals surface area contributed by atoms with Crippen molar-refractivity contribution in [3.63, 3.8) is 0 Å². The molecule has 0 saturated heterocycles. The summed E-state index contributed by atoms with van der Waals surface area (Å²) in [5.41, 5.74) is 4.33. The molecular weight excluding hydrogens is 146 g/mol. The van der Waals surface area contributed by atoms with E-state index in [0.29, 0.717) is 0 Å². The molecule has 0 radical (unpaired) electrons. The van der Waals surface area contributed by atoms with Crippen molar-refractivity contribution in [1.82, 2.24) is 5.32 Å². The number of nitriles is 1. The fourth-order valence-corrected chi connectivity index (χ4v) is 0.559. The number of amides is 1. The number of hydrogen-bond donors (Lipinski definition) is 2. The van der Waals surface area contributed by atoms with Gasteiger partial charge in [-0.25, -0.2) is 0 Å². The second-order valence-electron chi connectivity index (χ2n) is 2.42. The summed E-state index contributed by atoms with van der Waals surface area (Å²) in [4.78, 5) is 10.9. The van der Waals surface area contributed by atoms with Crippen LogP contribution in [0.1, 0.15) is 6.92 Å². The Morgan fingerprint density at radius 3 is 2.82 bits per heavy atom. The maximum absolute atomic E-state index is 10.9. The van der Waals surface area contributed by atoms with Crippen LogP contribution in [-0.4, -0.2) is 25.2 Å². The normalized spacial score (nSPS) is 14.7. The van der Waals surface area contributed by atoms with E-state index in [1.165, 1.54) is 20.2 Å². The molecule has 0 saturated carbocycles. The third kappa shape index (κ3) is 2.98. The minimum atomic E-state index is -1.13. The van der Waals surface area contributed by atoms with Crippen molar-refractivity contribution in [3.05, 3.63) is 0 Å². The Kier molecular flexibility index (Phi) is 3.51. The molecule has 62 valence electrons. The van der Waals surface area contributed by atoms with Gasteiger partial charge in [0.1, 0.15) is 5.54 Å². The third-order valence-electron chi connectivity index (χ3n) is 1.13. The van der Waals surface area contributed by atoms with Gasteiger partial charge >= 0.3 is 0 Å². The number of nitrogens with zero attached hydrogens (tertiary/aromatic N) is 1. The lowest BCUT2D eigenvalue weighted by molar-refractivity contribution is -0.126. The maximum atomic E-state index is 10.9. The predicted octanol–water partition coefficient (Wildman–Crippen LogP) is -1.05. The van der Waals surface area contributed by atoms with Crippen molar-refractivity contribution in [2.45, 2.75) is 12.5 Å². The lowest BCUT2D eigenvalue weighted by Gasteiger charge is -2.19. The van der Waals surface area contributed by atoms with E-state index in [1.807, 2.05) is 5.32 Å². The molecular formula is C6H11N3O2. The Bertz CT molecular complexity index is 183. The quantitative estimate of drug-likeness (QED) is 0.404. The average molecular weight is 157 g/mol. The zero-order valence-electron chi connectivity index (χ0n) is 6.55. The first-order valence-corrected chi connectivity index (χ1v) is 3.02. The molecule has 5 heteroatoms. The lowest BCUT2D eigenvalue weighted by atomic mass is 10.1. The fraction of sp³-hybridized carbons (Fsp3) is 0.667. The fourth-order valence-electron chi connectivity index (χ4n) is 0.559. The van der Waals surface area contributed by atoms with Crippen molar-refractivity contribution >= 4 is 5.91 Å². The van der Waals surface area contributed by atoms with Crippen molar-refractivity contribution in [2.75, 3.05) is 13.7 Å². The Morgan fingerprint density at radius 2 is 2.45 bits per heavy atom. The van der Waals surface area contributed by atoms with Crippen LogP contribution in [0.3, 0.4) is 0 Å². The van der Waals surface area contributed by atoms with Gasteiger partial charge in [0.05, 0.1) is 6.61 Å². The van der Waals surface area contributed by atoms with Gasteiger partial charge in [-0.2, -0.15) is 5.26 Å². The summed E-state index contributed by atoms with van der Waals surface area (Å²) < 4.78 is 4.68. The van der Waals surface area contributed by atoms with Gasteiger partial charge in [-0.05, 0) is 6.92 Å². The molecule has 1 atom stereocenters. The summed E-state index contributed by atoms with van der Waals surface area (Å²) in [6.45, 7) is 1.57. The van der Waals surface area contributed by atoms with Gasteiger partial charge < -0.3 is 10.5 Å². The SMILES string of the molecule is COCC(C)(N)C(=O)NC#N. The number of hydrogen-bond acceptors (Lipinski definition) is 4. The number of nitrogens with two attached hydrogens (primary N) is 1. The summed E-state index contributed by atoms with van der Waals surface area (Å²) in [6, 6.07) is 0. The number of carbonyl (C=O) groups is 1. The zero-order valence-corrected chi connectivity index (χ0v) is 6.55. The highest BCUT2D eigenvalue weighted by Gasteiger charge is 2.27. The van der Waals surface area contributed by atoms with Gasteiger partial charge in [0.25, 0.3) is 5.91 Å². The molecule has 3 N–H and O–H groups in total. The second kappa shape index (κ2) is 3.91. The van der Waals surface area contributed by atoms with E-state index < -0.39 is 11.4 Å². The minimum absolute atomic E-state index is 0.0838. The van der Waals surface area contributed by atoms with Crippen molar-refractivity contribution in [2.24, 2.45) is 5.73 Å². The molecule has 0 aliphatic heterocycles. The van der Waals surface area contributed by atoms with Crippen LogP contribution in [-0.2, 0) is 9.53 Å². The number of carbonyl (C=O) groups excluding carboxylic acids is 1. The van der Waals surface area contributed by atoms with E-state index in [0.717, 1.165) is 0 Å². The summed E-state index contributed by atoms with van der Waals surface area (Å²) >= 11 is 0. The molecule has 0 aromatic carbocycles. The molecule has 1 unspecified atom stereocenters. The molecule has 0 aromatic rings. The van der Waals surface area contributed by atoms with Gasteiger partial charge in [-0.15, -0.1) is 0 Å². The van der Waals surface area contributed by atoms with E-state index in [4.69, 9.17) is 11.0 Å². The Labute approximate surface area is 65.1 Å². The van der Waals surface area contributed by atoms with Crippen molar-refractivity contribution in [3.8, 4) is 6.19 Å². The largest absolute Gasteiger partial charge is 0.382 e. The molecule has 0 spiro atoms. The second-order valence-corrected chi connectivity index (χ2v) is 2.42. The van der Waals surface area contributed by atoms with Crippen LogP contribution in [0.5, 0.6) is 0 Å². The molecule has 0 bridgehead atoms. The van der Waals surface area contributed by atoms with Crippen LogP contribution >= 0.6 is 0 Å². The first-order chi connectivity index (χ1) is 5.04. The highest BCUT2D eigenvalue weighted by Crippen LogP contribution is 1.98. The highest BCUT2D eigenvalue weighted by molar-refractivity contribution is 5.86. The van der Waals surface area contributed by atoms with Gasteiger partial charge in [-0.3, -0.25) is 10.1 Å². The van der Waals surface area contributed by atoms with Crippen LogP contribution in [0.4, 0.5) is 0 Å². The zero-order chi connectivity index (χ0) is 8.91. The third-order valence-corrected chi connectivity index (χ3v) is 1.13. The van der Waals surface area contributed by atoms with E-state index in [1.54, 1.807) is 0 Å². The van der Waals surface area contributed by atoms with Crippen molar-refractivity contribution in [1.29, 1.82) is 5.26 Å². The van der Waals surface area contributed by atoms with E-state index in [9.17, 15) is 4.79 Å².